The van der Waals surface area contributed by atoms with Crippen molar-refractivity contribution in [3.8, 4) is 11.5 Å². The van der Waals surface area contributed by atoms with Crippen molar-refractivity contribution in [2.75, 3.05) is 5.32 Å². The number of anilines is 1. The molecule has 1 aromatic heterocycles. The van der Waals surface area contributed by atoms with Gasteiger partial charge in [0.05, 0.1) is 18.6 Å². The summed E-state index contributed by atoms with van der Waals surface area (Å²) in [5.41, 5.74) is 2.00. The summed E-state index contributed by atoms with van der Waals surface area (Å²) < 4.78 is 5.79. The van der Waals surface area contributed by atoms with E-state index >= 15 is 0 Å². The first-order chi connectivity index (χ1) is 10.3. The van der Waals surface area contributed by atoms with Gasteiger partial charge in [-0.25, -0.2) is 4.98 Å². The molecule has 0 amide bonds. The molecule has 3 rings (SSSR count). The second kappa shape index (κ2) is 6.33. The molecule has 0 aliphatic rings. The third-order valence-electron chi connectivity index (χ3n) is 2.90. The minimum absolute atomic E-state index is 0.654. The van der Waals surface area contributed by atoms with E-state index in [9.17, 15) is 0 Å². The van der Waals surface area contributed by atoms with Crippen LogP contribution in [0.5, 0.6) is 11.5 Å². The van der Waals surface area contributed by atoms with Gasteiger partial charge in [0.2, 0.25) is 0 Å². The average molecular weight is 300 g/mol. The maximum Gasteiger partial charge on any atom is 0.129 e. The van der Waals surface area contributed by atoms with E-state index in [0.717, 1.165) is 17.1 Å². The van der Waals surface area contributed by atoms with E-state index in [-0.39, 0.29) is 0 Å². The second-order valence-electron chi connectivity index (χ2n) is 4.52. The first-order valence-corrected chi connectivity index (χ1v) is 6.92. The minimum atomic E-state index is 0.654. The number of hydrogen-bond donors (Lipinski definition) is 2. The van der Waals surface area contributed by atoms with Gasteiger partial charge in [-0.1, -0.05) is 23.7 Å². The highest BCUT2D eigenvalue weighted by Gasteiger charge is 2.00. The molecule has 2 aromatic carbocycles. The van der Waals surface area contributed by atoms with Crippen LogP contribution in [0.4, 0.5) is 5.69 Å². The number of rotatable bonds is 5. The van der Waals surface area contributed by atoms with Gasteiger partial charge in [0, 0.05) is 23.0 Å². The van der Waals surface area contributed by atoms with Crippen molar-refractivity contribution in [3.05, 3.63) is 71.8 Å². The molecule has 0 spiro atoms. The maximum atomic E-state index is 5.95. The Hall–Kier alpha value is -2.46. The molecule has 0 bridgehead atoms. The van der Waals surface area contributed by atoms with Gasteiger partial charge in [-0.2, -0.15) is 0 Å². The van der Waals surface area contributed by atoms with E-state index in [1.807, 2.05) is 42.5 Å². The highest BCUT2D eigenvalue weighted by molar-refractivity contribution is 6.30. The Morgan fingerprint density at radius 1 is 1.10 bits per heavy atom. The van der Waals surface area contributed by atoms with Gasteiger partial charge < -0.3 is 15.0 Å². The molecule has 3 aromatic rings. The van der Waals surface area contributed by atoms with Crippen molar-refractivity contribution >= 4 is 17.3 Å². The number of hydrogen-bond acceptors (Lipinski definition) is 3. The first-order valence-electron chi connectivity index (χ1n) is 6.54. The van der Waals surface area contributed by atoms with Crippen LogP contribution >= 0.6 is 11.6 Å². The summed E-state index contributed by atoms with van der Waals surface area (Å²) in [7, 11) is 0. The van der Waals surface area contributed by atoms with Crippen LogP contribution in [0, 0.1) is 0 Å². The van der Waals surface area contributed by atoms with Crippen LogP contribution in [0.1, 0.15) is 5.69 Å². The van der Waals surface area contributed by atoms with Crippen molar-refractivity contribution in [2.24, 2.45) is 0 Å². The lowest BCUT2D eigenvalue weighted by atomic mass is 10.3. The fraction of sp³-hybridized carbons (Fsp3) is 0.0625. The van der Waals surface area contributed by atoms with Crippen molar-refractivity contribution in [2.45, 2.75) is 6.54 Å². The zero-order valence-electron chi connectivity index (χ0n) is 11.2. The standard InChI is InChI=1S/C16H14ClN3O/c17-12-3-1-5-15(7-12)21-16-6-2-4-13(8-16)19-10-14-9-18-11-20-14/h1-9,11,19H,10H2,(H,18,20). The van der Waals surface area contributed by atoms with Gasteiger partial charge in [-0.3, -0.25) is 0 Å². The Morgan fingerprint density at radius 3 is 2.67 bits per heavy atom. The molecule has 4 nitrogen and oxygen atoms in total. The molecule has 0 saturated carbocycles. The summed E-state index contributed by atoms with van der Waals surface area (Å²) in [5.74, 6) is 1.47. The number of nitrogens with one attached hydrogen (secondary N) is 2. The van der Waals surface area contributed by atoms with E-state index in [1.54, 1.807) is 18.6 Å². The van der Waals surface area contributed by atoms with Gasteiger partial charge in [0.15, 0.2) is 0 Å². The molecule has 0 aliphatic carbocycles. The van der Waals surface area contributed by atoms with Crippen LogP contribution in [0.3, 0.4) is 0 Å². The number of benzene rings is 2. The third-order valence-corrected chi connectivity index (χ3v) is 3.14. The molecule has 2 N–H and O–H groups in total. The smallest absolute Gasteiger partial charge is 0.129 e. The summed E-state index contributed by atoms with van der Waals surface area (Å²) in [5, 5.41) is 3.96. The number of H-pyrrole nitrogens is 1. The quantitative estimate of drug-likeness (QED) is 0.731. The molecule has 5 heteroatoms. The molecule has 0 radical (unpaired) electrons. The van der Waals surface area contributed by atoms with Gasteiger partial charge in [-0.05, 0) is 30.3 Å². The summed E-state index contributed by atoms with van der Waals surface area (Å²) >= 11 is 5.95. The third kappa shape index (κ3) is 3.77. The maximum absolute atomic E-state index is 5.95. The van der Waals surface area contributed by atoms with Crippen LogP contribution in [0.25, 0.3) is 0 Å². The van der Waals surface area contributed by atoms with Crippen LogP contribution < -0.4 is 10.1 Å². The fourth-order valence-corrected chi connectivity index (χ4v) is 2.10. The number of aromatic amines is 1. The topological polar surface area (TPSA) is 49.9 Å². The van der Waals surface area contributed by atoms with Gasteiger partial charge >= 0.3 is 0 Å². The van der Waals surface area contributed by atoms with Crippen LogP contribution in [0.2, 0.25) is 5.02 Å². The molecule has 0 aliphatic heterocycles. The van der Waals surface area contributed by atoms with Crippen LogP contribution in [0.15, 0.2) is 61.1 Å². The molecule has 0 unspecified atom stereocenters. The average Bonchev–Trinajstić information content (AvgIpc) is 2.99. The Labute approximate surface area is 127 Å². The highest BCUT2D eigenvalue weighted by atomic mass is 35.5. The SMILES string of the molecule is Clc1cccc(Oc2cccc(NCc3cnc[nH]3)c2)c1. The Balaban J connectivity index is 1.68. The minimum Gasteiger partial charge on any atom is -0.457 e. The summed E-state index contributed by atoms with van der Waals surface area (Å²) in [6.45, 7) is 0.681. The summed E-state index contributed by atoms with van der Waals surface area (Å²) in [6, 6.07) is 15.1. The second-order valence-corrected chi connectivity index (χ2v) is 4.95. The summed E-state index contributed by atoms with van der Waals surface area (Å²) in [4.78, 5) is 7.03. The van der Waals surface area contributed by atoms with E-state index < -0.39 is 0 Å². The number of halogens is 1. The lowest BCUT2D eigenvalue weighted by Crippen LogP contribution is -1.99. The number of nitrogens with zero attached hydrogens (tertiary/aromatic N) is 1. The van der Waals surface area contributed by atoms with Gasteiger partial charge in [0.25, 0.3) is 0 Å². The Morgan fingerprint density at radius 2 is 1.90 bits per heavy atom. The van der Waals surface area contributed by atoms with E-state index in [2.05, 4.69) is 15.3 Å². The summed E-state index contributed by atoms with van der Waals surface area (Å²) in [6.07, 6.45) is 3.45. The molecular weight excluding hydrogens is 286 g/mol. The van der Waals surface area contributed by atoms with Crippen molar-refractivity contribution in [1.29, 1.82) is 0 Å². The van der Waals surface area contributed by atoms with Gasteiger partial charge in [-0.15, -0.1) is 0 Å². The lowest BCUT2D eigenvalue weighted by molar-refractivity contribution is 0.483. The molecule has 0 saturated heterocycles. The van der Waals surface area contributed by atoms with Crippen molar-refractivity contribution in [1.82, 2.24) is 9.97 Å². The number of imidazole rings is 1. The molecule has 106 valence electrons. The predicted octanol–water partition coefficient (Wildman–Crippen LogP) is 4.47. The molecule has 0 atom stereocenters. The zero-order chi connectivity index (χ0) is 14.5. The van der Waals surface area contributed by atoms with Gasteiger partial charge in [0.1, 0.15) is 11.5 Å². The van der Waals surface area contributed by atoms with Crippen molar-refractivity contribution in [3.63, 3.8) is 0 Å². The van der Waals surface area contributed by atoms with E-state index in [0.29, 0.717) is 17.3 Å². The Bertz CT molecular complexity index is 713. The lowest BCUT2D eigenvalue weighted by Gasteiger charge is -2.09. The highest BCUT2D eigenvalue weighted by Crippen LogP contribution is 2.26. The predicted molar refractivity (Wildman–Crippen MR) is 83.9 cm³/mol. The molecular formula is C16H14ClN3O. The molecule has 21 heavy (non-hydrogen) atoms. The van der Waals surface area contributed by atoms with E-state index in [1.165, 1.54) is 0 Å². The molecule has 1 heterocycles. The monoisotopic (exact) mass is 299 g/mol. The van der Waals surface area contributed by atoms with Crippen LogP contribution in [-0.4, -0.2) is 9.97 Å². The van der Waals surface area contributed by atoms with Crippen LogP contribution in [-0.2, 0) is 6.54 Å². The zero-order valence-corrected chi connectivity index (χ0v) is 12.0. The van der Waals surface area contributed by atoms with E-state index in [4.69, 9.17) is 16.3 Å². The first kappa shape index (κ1) is 13.5. The number of aromatic nitrogens is 2. The Kier molecular flexibility index (Phi) is 4.07. The molecule has 0 fully saturated rings. The largest absolute Gasteiger partial charge is 0.457 e. The normalized spacial score (nSPS) is 10.3. The van der Waals surface area contributed by atoms with Crippen molar-refractivity contribution < 1.29 is 4.74 Å². The number of ether oxygens (including phenoxy) is 1. The fourth-order valence-electron chi connectivity index (χ4n) is 1.91.